The average molecular weight is 383 g/mol. The fraction of sp³-hybridized carbons (Fsp3) is 0.529. The summed E-state index contributed by atoms with van der Waals surface area (Å²) in [6, 6.07) is 8.01. The predicted octanol–water partition coefficient (Wildman–Crippen LogP) is 2.39. The van der Waals surface area contributed by atoms with E-state index >= 15 is 0 Å². The molecular formula is C17H23BrN2O3. The highest BCUT2D eigenvalue weighted by Gasteiger charge is 2.24. The molecule has 1 heterocycles. The van der Waals surface area contributed by atoms with E-state index in [2.05, 4.69) is 15.9 Å². The fourth-order valence-electron chi connectivity index (χ4n) is 3.03. The number of likely N-dealkylation sites (N-methyl/N-ethyl adjacent to an activating group) is 1. The van der Waals surface area contributed by atoms with Crippen molar-refractivity contribution in [2.24, 2.45) is 0 Å². The van der Waals surface area contributed by atoms with Gasteiger partial charge in [0.1, 0.15) is 0 Å². The normalized spacial score (nSPS) is 18.7. The Balaban J connectivity index is 1.91. The minimum atomic E-state index is -0.807. The van der Waals surface area contributed by atoms with Crippen LogP contribution in [0.3, 0.4) is 0 Å². The number of carbonyl (C=O) groups excluding carboxylic acids is 1. The van der Waals surface area contributed by atoms with E-state index in [4.69, 9.17) is 5.11 Å². The van der Waals surface area contributed by atoms with E-state index in [0.717, 1.165) is 35.8 Å². The Hall–Kier alpha value is -1.40. The van der Waals surface area contributed by atoms with Crippen LogP contribution in [0.2, 0.25) is 0 Å². The van der Waals surface area contributed by atoms with Crippen molar-refractivity contribution in [1.82, 2.24) is 9.80 Å². The molecule has 0 spiro atoms. The summed E-state index contributed by atoms with van der Waals surface area (Å²) in [4.78, 5) is 27.1. The Labute approximate surface area is 145 Å². The van der Waals surface area contributed by atoms with Crippen LogP contribution in [0.5, 0.6) is 0 Å². The van der Waals surface area contributed by atoms with Gasteiger partial charge in [0.25, 0.3) is 0 Å². The summed E-state index contributed by atoms with van der Waals surface area (Å²) in [6.07, 6.45) is 3.07. The molecule has 0 radical (unpaired) electrons. The fourth-order valence-corrected chi connectivity index (χ4v) is 3.45. The maximum absolute atomic E-state index is 12.5. The summed E-state index contributed by atoms with van der Waals surface area (Å²) in [5.41, 5.74) is 1.00. The van der Waals surface area contributed by atoms with Crippen LogP contribution in [0.4, 0.5) is 0 Å². The third-order valence-electron chi connectivity index (χ3n) is 4.36. The number of hydrogen-bond donors (Lipinski definition) is 1. The molecule has 1 aliphatic rings. The van der Waals surface area contributed by atoms with Gasteiger partial charge >= 0.3 is 5.97 Å². The first kappa shape index (κ1) is 17.9. The number of amides is 1. The summed E-state index contributed by atoms with van der Waals surface area (Å²) in [6.45, 7) is 1.49. The average Bonchev–Trinajstić information content (AvgIpc) is 2.75. The summed E-state index contributed by atoms with van der Waals surface area (Å²) in [7, 11) is 1.84. The van der Waals surface area contributed by atoms with E-state index in [0.29, 0.717) is 13.0 Å². The van der Waals surface area contributed by atoms with Crippen molar-refractivity contribution in [2.45, 2.75) is 31.7 Å². The van der Waals surface area contributed by atoms with Crippen LogP contribution in [0.15, 0.2) is 28.7 Å². The molecule has 1 saturated heterocycles. The van der Waals surface area contributed by atoms with E-state index in [1.54, 1.807) is 0 Å². The topological polar surface area (TPSA) is 60.9 Å². The second-order valence-corrected chi connectivity index (χ2v) is 6.90. The Kier molecular flexibility index (Phi) is 6.59. The van der Waals surface area contributed by atoms with Crippen molar-refractivity contribution in [3.05, 3.63) is 34.3 Å². The van der Waals surface area contributed by atoms with Gasteiger partial charge in [-0.1, -0.05) is 34.1 Å². The number of nitrogens with zero attached hydrogens (tertiary/aromatic N) is 2. The van der Waals surface area contributed by atoms with Gasteiger partial charge in [-0.15, -0.1) is 0 Å². The molecule has 23 heavy (non-hydrogen) atoms. The number of aliphatic carboxylic acids is 1. The molecule has 1 aromatic carbocycles. The van der Waals surface area contributed by atoms with Crippen LogP contribution < -0.4 is 0 Å². The van der Waals surface area contributed by atoms with Crippen LogP contribution in [0.1, 0.15) is 24.8 Å². The van der Waals surface area contributed by atoms with Gasteiger partial charge in [0.2, 0.25) is 5.91 Å². The molecule has 0 aromatic heterocycles. The zero-order valence-electron chi connectivity index (χ0n) is 13.4. The highest BCUT2D eigenvalue weighted by Crippen LogP contribution is 2.19. The van der Waals surface area contributed by atoms with Gasteiger partial charge in [0.05, 0.1) is 13.0 Å². The molecular weight excluding hydrogens is 360 g/mol. The van der Waals surface area contributed by atoms with Crippen molar-refractivity contribution in [1.29, 1.82) is 0 Å². The standard InChI is InChI=1S/C17H23BrN2O3/c1-19(12-17(22)23)14-6-4-9-20(10-8-14)16(21)11-13-5-2-3-7-15(13)18/h2-3,5,7,14H,4,6,8-12H2,1H3,(H,22,23). The second-order valence-electron chi connectivity index (χ2n) is 6.04. The van der Waals surface area contributed by atoms with Gasteiger partial charge in [0.15, 0.2) is 0 Å². The van der Waals surface area contributed by atoms with Crippen molar-refractivity contribution in [3.8, 4) is 0 Å². The third-order valence-corrected chi connectivity index (χ3v) is 5.13. The quantitative estimate of drug-likeness (QED) is 0.848. The molecule has 1 fully saturated rings. The third kappa shape index (κ3) is 5.32. The Morgan fingerprint density at radius 1 is 1.30 bits per heavy atom. The largest absolute Gasteiger partial charge is 0.480 e. The summed E-state index contributed by atoms with van der Waals surface area (Å²) in [5.74, 6) is -0.669. The van der Waals surface area contributed by atoms with Crippen LogP contribution in [-0.4, -0.2) is 59.5 Å². The predicted molar refractivity (Wildman–Crippen MR) is 92.3 cm³/mol. The molecule has 1 amide bonds. The molecule has 0 bridgehead atoms. The number of carboxylic acids is 1. The van der Waals surface area contributed by atoms with Crippen LogP contribution in [-0.2, 0) is 16.0 Å². The van der Waals surface area contributed by atoms with Gasteiger partial charge in [-0.05, 0) is 37.9 Å². The van der Waals surface area contributed by atoms with Crippen LogP contribution >= 0.6 is 15.9 Å². The number of carboxylic acid groups (broad SMARTS) is 1. The first-order valence-electron chi connectivity index (χ1n) is 7.90. The molecule has 1 aromatic rings. The maximum atomic E-state index is 12.5. The Morgan fingerprint density at radius 3 is 2.74 bits per heavy atom. The van der Waals surface area contributed by atoms with E-state index in [9.17, 15) is 9.59 Å². The van der Waals surface area contributed by atoms with Crippen LogP contribution in [0, 0.1) is 0 Å². The number of benzene rings is 1. The van der Waals surface area contributed by atoms with E-state index < -0.39 is 5.97 Å². The molecule has 6 heteroatoms. The van der Waals surface area contributed by atoms with Crippen molar-refractivity contribution >= 4 is 27.8 Å². The summed E-state index contributed by atoms with van der Waals surface area (Å²) in [5, 5.41) is 8.90. The Bertz CT molecular complexity index is 565. The molecule has 0 saturated carbocycles. The molecule has 1 N–H and O–H groups in total. The van der Waals surface area contributed by atoms with Crippen molar-refractivity contribution in [2.75, 3.05) is 26.7 Å². The van der Waals surface area contributed by atoms with E-state index in [-0.39, 0.29) is 18.5 Å². The number of carbonyl (C=O) groups is 2. The molecule has 2 rings (SSSR count). The minimum Gasteiger partial charge on any atom is -0.480 e. The zero-order chi connectivity index (χ0) is 16.8. The molecule has 0 aliphatic carbocycles. The second kappa shape index (κ2) is 8.45. The van der Waals surface area contributed by atoms with Crippen molar-refractivity contribution < 1.29 is 14.7 Å². The number of rotatable bonds is 5. The van der Waals surface area contributed by atoms with Gasteiger partial charge < -0.3 is 10.0 Å². The molecule has 5 nitrogen and oxygen atoms in total. The van der Waals surface area contributed by atoms with Gasteiger partial charge in [-0.2, -0.15) is 0 Å². The van der Waals surface area contributed by atoms with Gasteiger partial charge in [-0.25, -0.2) is 0 Å². The molecule has 1 unspecified atom stereocenters. The summed E-state index contributed by atoms with van der Waals surface area (Å²) >= 11 is 3.48. The molecule has 1 aliphatic heterocycles. The lowest BCUT2D eigenvalue weighted by Gasteiger charge is -2.25. The first-order chi connectivity index (χ1) is 11.0. The Morgan fingerprint density at radius 2 is 2.04 bits per heavy atom. The van der Waals surface area contributed by atoms with E-state index in [1.165, 1.54) is 0 Å². The number of likely N-dealkylation sites (tertiary alicyclic amines) is 1. The highest BCUT2D eigenvalue weighted by molar-refractivity contribution is 9.10. The number of halogens is 1. The first-order valence-corrected chi connectivity index (χ1v) is 8.70. The lowest BCUT2D eigenvalue weighted by Crippen LogP contribution is -2.37. The summed E-state index contributed by atoms with van der Waals surface area (Å²) < 4.78 is 0.960. The van der Waals surface area contributed by atoms with Crippen LogP contribution in [0.25, 0.3) is 0 Å². The maximum Gasteiger partial charge on any atom is 0.317 e. The van der Waals surface area contributed by atoms with Gasteiger partial charge in [0, 0.05) is 23.6 Å². The van der Waals surface area contributed by atoms with Crippen molar-refractivity contribution in [3.63, 3.8) is 0 Å². The zero-order valence-corrected chi connectivity index (χ0v) is 15.0. The lowest BCUT2D eigenvalue weighted by atomic mass is 10.1. The van der Waals surface area contributed by atoms with Gasteiger partial charge in [-0.3, -0.25) is 14.5 Å². The highest BCUT2D eigenvalue weighted by atomic mass is 79.9. The SMILES string of the molecule is CN(CC(=O)O)C1CCCN(C(=O)Cc2ccccc2Br)CC1. The smallest absolute Gasteiger partial charge is 0.317 e. The number of hydrogen-bond acceptors (Lipinski definition) is 3. The van der Waals surface area contributed by atoms with E-state index in [1.807, 2.05) is 41.1 Å². The monoisotopic (exact) mass is 382 g/mol. The molecule has 126 valence electrons. The minimum absolute atomic E-state index is 0.0512. The molecule has 1 atom stereocenters. The lowest BCUT2D eigenvalue weighted by molar-refractivity contribution is -0.138.